The van der Waals surface area contributed by atoms with E-state index in [-0.39, 0.29) is 11.9 Å². The van der Waals surface area contributed by atoms with Gasteiger partial charge in [0.1, 0.15) is 6.54 Å². The van der Waals surface area contributed by atoms with E-state index >= 15 is 0 Å². The van der Waals surface area contributed by atoms with Crippen LogP contribution in [0.4, 0.5) is 4.79 Å². The van der Waals surface area contributed by atoms with E-state index in [4.69, 9.17) is 0 Å². The van der Waals surface area contributed by atoms with Crippen molar-refractivity contribution in [3.05, 3.63) is 12.7 Å². The van der Waals surface area contributed by atoms with Crippen molar-refractivity contribution in [3.63, 3.8) is 0 Å². The summed E-state index contributed by atoms with van der Waals surface area (Å²) in [6, 6.07) is -0.856. The maximum absolute atomic E-state index is 12.4. The number of rotatable bonds is 4. The largest absolute Gasteiger partial charge is 0.358 e. The zero-order valence-electron chi connectivity index (χ0n) is 12.0. The second-order valence-corrected chi connectivity index (χ2v) is 5.75. The number of aliphatic imine (C=N–C) groups is 1. The number of urea groups is 1. The number of carbonyl (C=O) groups is 2. The summed E-state index contributed by atoms with van der Waals surface area (Å²) in [6.45, 7) is 6.36. The molecule has 108 valence electrons. The lowest BCUT2D eigenvalue weighted by Crippen LogP contribution is -2.61. The van der Waals surface area contributed by atoms with Crippen LogP contribution in [0.1, 0.15) is 13.3 Å². The van der Waals surface area contributed by atoms with E-state index in [1.165, 1.54) is 11.9 Å². The summed E-state index contributed by atoms with van der Waals surface area (Å²) in [7, 11) is 3.15. The Balaban J connectivity index is 2.40. The van der Waals surface area contributed by atoms with Gasteiger partial charge in [0.25, 0.3) is 17.8 Å². The molecule has 0 spiro atoms. The van der Waals surface area contributed by atoms with Crippen LogP contribution in [0.2, 0.25) is 0 Å². The summed E-state index contributed by atoms with van der Waals surface area (Å²) >= 11 is 1.60. The van der Waals surface area contributed by atoms with E-state index in [2.05, 4.69) is 18.5 Å². The van der Waals surface area contributed by atoms with Crippen LogP contribution in [0.15, 0.2) is 17.6 Å². The van der Waals surface area contributed by atoms with Gasteiger partial charge >= 0.3 is 11.2 Å². The maximum atomic E-state index is 12.4. The van der Waals surface area contributed by atoms with E-state index in [0.717, 1.165) is 22.2 Å². The van der Waals surface area contributed by atoms with Gasteiger partial charge < -0.3 is 0 Å². The summed E-state index contributed by atoms with van der Waals surface area (Å²) in [5, 5.41) is 0.787. The van der Waals surface area contributed by atoms with Crippen molar-refractivity contribution in [2.45, 2.75) is 19.4 Å². The van der Waals surface area contributed by atoms with Crippen molar-refractivity contribution in [2.75, 3.05) is 26.4 Å². The number of hydrogen-bond acceptors (Lipinski definition) is 4. The molecule has 0 radical (unpaired) electrons. The highest BCUT2D eigenvalue weighted by Gasteiger charge is 2.52. The van der Waals surface area contributed by atoms with Crippen LogP contribution in [0.3, 0.4) is 0 Å². The fourth-order valence-corrected chi connectivity index (χ4v) is 3.10. The van der Waals surface area contributed by atoms with Crippen molar-refractivity contribution < 1.29 is 14.2 Å². The predicted molar refractivity (Wildman–Crippen MR) is 80.2 cm³/mol. The molecule has 6 nitrogen and oxygen atoms in total. The number of hydrogen-bond donors (Lipinski definition) is 0. The molecule has 1 fully saturated rings. The fraction of sp³-hybridized carbons (Fsp3) is 0.538. The third kappa shape index (κ3) is 2.26. The monoisotopic (exact) mass is 295 g/mol. The quantitative estimate of drug-likeness (QED) is 0.574. The first-order valence-electron chi connectivity index (χ1n) is 6.54. The molecule has 2 aliphatic rings. The van der Waals surface area contributed by atoms with Gasteiger partial charge in [0, 0.05) is 19.8 Å². The Hall–Kier alpha value is -1.63. The van der Waals surface area contributed by atoms with Crippen LogP contribution >= 0.6 is 11.8 Å². The highest BCUT2D eigenvalue weighted by molar-refractivity contribution is 8.13. The molecule has 0 aromatic rings. The number of imide groups is 1. The van der Waals surface area contributed by atoms with Gasteiger partial charge in [0.05, 0.1) is 0 Å². The highest BCUT2D eigenvalue weighted by atomic mass is 32.2. The molecular formula is C13H19N4O2S+. The molecule has 2 heterocycles. The average Bonchev–Trinajstić information content (AvgIpc) is 2.80. The molecule has 2 rings (SSSR count). The molecule has 7 heteroatoms. The molecule has 1 saturated heterocycles. The van der Waals surface area contributed by atoms with Crippen LogP contribution < -0.4 is 0 Å². The molecular weight excluding hydrogens is 276 g/mol. The van der Waals surface area contributed by atoms with Crippen LogP contribution in [-0.2, 0) is 4.79 Å². The number of likely N-dealkylation sites (N-methyl/N-ethyl adjacent to an activating group) is 2. The zero-order chi connectivity index (χ0) is 14.9. The molecule has 0 aromatic carbocycles. The first-order valence-corrected chi connectivity index (χ1v) is 7.52. The Labute approximate surface area is 122 Å². The number of carbonyl (C=O) groups excluding carboxylic acids is 2. The molecule has 0 saturated carbocycles. The number of fused-ring (bicyclic) bond motifs is 1. The molecule has 3 amide bonds. The van der Waals surface area contributed by atoms with E-state index in [0.29, 0.717) is 12.4 Å². The number of thioether (sulfide) groups is 1. The SMILES string of the molecule is C=CC[N+]1=C(SCCC)N=C2C1C(=O)N(C)C(=O)N2C. The Morgan fingerprint density at radius 2 is 2.10 bits per heavy atom. The lowest BCUT2D eigenvalue weighted by Gasteiger charge is -2.30. The van der Waals surface area contributed by atoms with Crippen LogP contribution in [-0.4, -0.2) is 69.8 Å². The van der Waals surface area contributed by atoms with E-state index < -0.39 is 6.04 Å². The summed E-state index contributed by atoms with van der Waals surface area (Å²) in [5.41, 5.74) is 0. The van der Waals surface area contributed by atoms with Crippen LogP contribution in [0.25, 0.3) is 0 Å². The molecule has 0 N–H and O–H groups in total. The molecule has 0 aliphatic carbocycles. The first-order chi connectivity index (χ1) is 9.52. The van der Waals surface area contributed by atoms with Gasteiger partial charge in [-0.05, 0) is 23.2 Å². The van der Waals surface area contributed by atoms with Crippen molar-refractivity contribution in [1.29, 1.82) is 0 Å². The van der Waals surface area contributed by atoms with E-state index in [9.17, 15) is 9.59 Å². The van der Waals surface area contributed by atoms with E-state index in [1.807, 2.05) is 4.58 Å². The van der Waals surface area contributed by atoms with Crippen LogP contribution in [0.5, 0.6) is 0 Å². The van der Waals surface area contributed by atoms with Gasteiger partial charge in [0.2, 0.25) is 0 Å². The van der Waals surface area contributed by atoms with Gasteiger partial charge in [-0.2, -0.15) is 0 Å². The fourth-order valence-electron chi connectivity index (χ4n) is 2.21. The molecule has 20 heavy (non-hydrogen) atoms. The third-order valence-corrected chi connectivity index (χ3v) is 4.45. The zero-order valence-corrected chi connectivity index (χ0v) is 12.8. The minimum atomic E-state index is -0.514. The Bertz CT molecular complexity index is 526. The molecule has 1 atom stereocenters. The van der Waals surface area contributed by atoms with Crippen molar-refractivity contribution >= 4 is 34.7 Å². The van der Waals surface area contributed by atoms with Crippen molar-refractivity contribution in [2.24, 2.45) is 4.99 Å². The second-order valence-electron chi connectivity index (χ2n) is 4.68. The highest BCUT2D eigenvalue weighted by Crippen LogP contribution is 2.22. The minimum absolute atomic E-state index is 0.235. The molecule has 0 bridgehead atoms. The predicted octanol–water partition coefficient (Wildman–Crippen LogP) is 0.989. The number of amides is 3. The second kappa shape index (κ2) is 5.78. The lowest BCUT2D eigenvalue weighted by molar-refractivity contribution is -0.522. The Morgan fingerprint density at radius 3 is 2.70 bits per heavy atom. The normalized spacial score (nSPS) is 22.4. The van der Waals surface area contributed by atoms with Gasteiger partial charge in [-0.1, -0.05) is 19.6 Å². The van der Waals surface area contributed by atoms with Gasteiger partial charge in [-0.15, -0.1) is 0 Å². The summed E-state index contributed by atoms with van der Waals surface area (Å²) < 4.78 is 1.91. The van der Waals surface area contributed by atoms with Gasteiger partial charge in [-0.3, -0.25) is 14.6 Å². The Morgan fingerprint density at radius 1 is 1.40 bits per heavy atom. The lowest BCUT2D eigenvalue weighted by atomic mass is 10.1. The smallest absolute Gasteiger partial charge is 0.269 e. The summed E-state index contributed by atoms with van der Waals surface area (Å²) in [6.07, 6.45) is 2.77. The summed E-state index contributed by atoms with van der Waals surface area (Å²) in [4.78, 5) is 31.4. The van der Waals surface area contributed by atoms with E-state index in [1.54, 1.807) is 24.9 Å². The average molecular weight is 295 g/mol. The van der Waals surface area contributed by atoms with Crippen LogP contribution in [0, 0.1) is 0 Å². The Kier molecular flexibility index (Phi) is 4.27. The minimum Gasteiger partial charge on any atom is -0.269 e. The van der Waals surface area contributed by atoms with Gasteiger partial charge in [-0.25, -0.2) is 9.37 Å². The van der Waals surface area contributed by atoms with Gasteiger partial charge in [0.15, 0.2) is 0 Å². The summed E-state index contributed by atoms with van der Waals surface area (Å²) in [5.74, 6) is 1.20. The first kappa shape index (κ1) is 14.8. The topological polar surface area (TPSA) is 56.0 Å². The molecule has 1 unspecified atom stereocenters. The maximum Gasteiger partial charge on any atom is 0.358 e. The standard InChI is InChI=1S/C13H19N4O2S/c1-5-7-17-9-10(14-12(17)20-8-6-2)15(3)13(19)16(4)11(9)18/h5,9H,1,6-8H2,2-4H3/q+1. The molecule has 2 aliphatic heterocycles. The van der Waals surface area contributed by atoms with Crippen molar-refractivity contribution in [3.8, 4) is 0 Å². The molecule has 0 aromatic heterocycles. The van der Waals surface area contributed by atoms with Crippen molar-refractivity contribution in [1.82, 2.24) is 9.80 Å². The third-order valence-electron chi connectivity index (χ3n) is 3.26. The number of amidine groups is 2. The number of nitrogens with zero attached hydrogens (tertiary/aromatic N) is 4.